The van der Waals surface area contributed by atoms with Crippen molar-refractivity contribution in [3.63, 3.8) is 0 Å². The Hall–Kier alpha value is -1.35. The van der Waals surface area contributed by atoms with Gasteiger partial charge in [0.05, 0.1) is 11.1 Å². The second-order valence-electron chi connectivity index (χ2n) is 4.34. The summed E-state index contributed by atoms with van der Waals surface area (Å²) in [5.74, 6) is 0.586. The van der Waals surface area contributed by atoms with Gasteiger partial charge in [0.25, 0.3) is 0 Å². The highest BCUT2D eigenvalue weighted by molar-refractivity contribution is 8.02. The zero-order valence-corrected chi connectivity index (χ0v) is 12.3. The Bertz CT molecular complexity index is 504. The number of rotatable bonds is 5. The van der Waals surface area contributed by atoms with Gasteiger partial charge >= 0.3 is 12.4 Å². The molecule has 0 aliphatic heterocycles. The molecule has 0 aliphatic carbocycles. The fraction of sp³-hybridized carbons (Fsp3) is 0.385. The Morgan fingerprint density at radius 3 is 2.00 bits per heavy atom. The predicted molar refractivity (Wildman–Crippen MR) is 75.0 cm³/mol. The van der Waals surface area contributed by atoms with E-state index in [1.165, 1.54) is 17.2 Å². The number of nitrogens with one attached hydrogen (secondary N) is 1. The van der Waals surface area contributed by atoms with Crippen LogP contribution in [0, 0.1) is 0 Å². The van der Waals surface area contributed by atoms with E-state index in [9.17, 15) is 26.3 Å². The van der Waals surface area contributed by atoms with Gasteiger partial charge in [0.1, 0.15) is 0 Å². The lowest BCUT2D eigenvalue weighted by atomic mass is 10.0. The Labute approximate surface area is 127 Å². The van der Waals surface area contributed by atoms with Crippen LogP contribution in [0.15, 0.2) is 23.6 Å². The summed E-state index contributed by atoms with van der Waals surface area (Å²) in [7, 11) is 1.72. The van der Waals surface area contributed by atoms with Crippen molar-refractivity contribution in [3.8, 4) is 0 Å². The van der Waals surface area contributed by atoms with Crippen molar-refractivity contribution in [2.24, 2.45) is 5.73 Å². The first kappa shape index (κ1) is 18.7. The molecular formula is C13H14F6N2S. The summed E-state index contributed by atoms with van der Waals surface area (Å²) in [4.78, 5) is 0. The summed E-state index contributed by atoms with van der Waals surface area (Å²) in [6, 6.07) is 1.30. The normalized spacial score (nSPS) is 13.5. The Kier molecular flexibility index (Phi) is 6.18. The highest BCUT2D eigenvalue weighted by atomic mass is 32.2. The van der Waals surface area contributed by atoms with Crippen molar-refractivity contribution in [1.29, 1.82) is 0 Å². The van der Waals surface area contributed by atoms with Gasteiger partial charge in [-0.25, -0.2) is 0 Å². The molecule has 0 aliphatic rings. The largest absolute Gasteiger partial charge is 0.416 e. The van der Waals surface area contributed by atoms with Crippen molar-refractivity contribution in [2.45, 2.75) is 12.4 Å². The molecule has 0 bridgehead atoms. The quantitative estimate of drug-likeness (QED) is 0.628. The van der Waals surface area contributed by atoms with E-state index in [1.54, 1.807) is 7.05 Å². The van der Waals surface area contributed by atoms with Gasteiger partial charge in [-0.15, -0.1) is 11.8 Å². The van der Waals surface area contributed by atoms with Crippen LogP contribution in [0.4, 0.5) is 26.3 Å². The zero-order valence-electron chi connectivity index (χ0n) is 11.5. The maximum atomic E-state index is 12.7. The van der Waals surface area contributed by atoms with Crippen LogP contribution in [0.1, 0.15) is 16.7 Å². The summed E-state index contributed by atoms with van der Waals surface area (Å²) >= 11 is 1.20. The predicted octanol–water partition coefficient (Wildman–Crippen LogP) is 3.93. The van der Waals surface area contributed by atoms with Gasteiger partial charge in [0.15, 0.2) is 0 Å². The van der Waals surface area contributed by atoms with E-state index in [0.717, 1.165) is 0 Å². The van der Waals surface area contributed by atoms with Crippen LogP contribution >= 0.6 is 11.8 Å². The second kappa shape index (κ2) is 7.28. The van der Waals surface area contributed by atoms with E-state index in [1.807, 2.05) is 0 Å². The number of hydrogen-bond donors (Lipinski definition) is 2. The van der Waals surface area contributed by atoms with E-state index < -0.39 is 23.5 Å². The van der Waals surface area contributed by atoms with Gasteiger partial charge < -0.3 is 11.1 Å². The van der Waals surface area contributed by atoms with E-state index in [2.05, 4.69) is 5.32 Å². The molecule has 0 spiro atoms. The van der Waals surface area contributed by atoms with Crippen molar-refractivity contribution in [3.05, 3.63) is 40.3 Å². The lowest BCUT2D eigenvalue weighted by Gasteiger charge is -2.14. The fourth-order valence-corrected chi connectivity index (χ4v) is 2.25. The van der Waals surface area contributed by atoms with Gasteiger partial charge in [0, 0.05) is 18.0 Å². The Morgan fingerprint density at radius 2 is 1.59 bits per heavy atom. The first-order valence-corrected chi connectivity index (χ1v) is 7.12. The number of halogens is 6. The molecule has 1 aromatic carbocycles. The molecule has 1 aromatic rings. The van der Waals surface area contributed by atoms with Gasteiger partial charge in [-0.3, -0.25) is 0 Å². The van der Waals surface area contributed by atoms with Gasteiger partial charge in [-0.05, 0) is 36.2 Å². The molecule has 22 heavy (non-hydrogen) atoms. The van der Waals surface area contributed by atoms with Gasteiger partial charge in [-0.2, -0.15) is 26.3 Å². The first-order valence-electron chi connectivity index (χ1n) is 6.07. The number of hydrogen-bond acceptors (Lipinski definition) is 3. The molecule has 0 radical (unpaired) electrons. The summed E-state index contributed by atoms with van der Waals surface area (Å²) < 4.78 is 76.3. The number of thioether (sulfide) groups is 1. The number of benzene rings is 1. The van der Waals surface area contributed by atoms with E-state index in [0.29, 0.717) is 24.4 Å². The summed E-state index contributed by atoms with van der Waals surface area (Å²) in [6.07, 6.45) is -9.76. The van der Waals surface area contributed by atoms with E-state index in [4.69, 9.17) is 5.73 Å². The Morgan fingerprint density at radius 1 is 1.09 bits per heavy atom. The number of alkyl halides is 6. The van der Waals surface area contributed by atoms with Crippen LogP contribution in [0.3, 0.4) is 0 Å². The Balaban J connectivity index is 3.18. The summed E-state index contributed by atoms with van der Waals surface area (Å²) in [5, 5.41) is 4.19. The van der Waals surface area contributed by atoms with E-state index >= 15 is 0 Å². The molecule has 0 atom stereocenters. The van der Waals surface area contributed by atoms with Crippen LogP contribution < -0.4 is 11.1 Å². The SMILES string of the molecule is CNCCS/C=C(\N)c1cc(C(F)(F)F)cc(C(F)(F)F)c1. The van der Waals surface area contributed by atoms with Crippen molar-refractivity contribution in [2.75, 3.05) is 19.3 Å². The molecule has 0 saturated heterocycles. The second-order valence-corrected chi connectivity index (χ2v) is 5.32. The monoisotopic (exact) mass is 344 g/mol. The summed E-state index contributed by atoms with van der Waals surface area (Å²) in [6.45, 7) is 0.630. The van der Waals surface area contributed by atoms with Crippen molar-refractivity contribution < 1.29 is 26.3 Å². The maximum Gasteiger partial charge on any atom is 0.416 e. The minimum Gasteiger partial charge on any atom is -0.398 e. The third kappa shape index (κ3) is 5.45. The molecule has 2 nitrogen and oxygen atoms in total. The molecule has 3 N–H and O–H groups in total. The minimum atomic E-state index is -4.88. The van der Waals surface area contributed by atoms with Crippen molar-refractivity contribution in [1.82, 2.24) is 5.32 Å². The van der Waals surface area contributed by atoms with Crippen LogP contribution in [0.25, 0.3) is 5.70 Å². The smallest absolute Gasteiger partial charge is 0.398 e. The lowest BCUT2D eigenvalue weighted by Crippen LogP contribution is -2.12. The van der Waals surface area contributed by atoms with Gasteiger partial charge in [-0.1, -0.05) is 0 Å². The molecule has 124 valence electrons. The molecule has 0 heterocycles. The molecule has 1 rings (SSSR count). The first-order chi connectivity index (χ1) is 10.1. The van der Waals surface area contributed by atoms with Crippen LogP contribution in [-0.2, 0) is 12.4 Å². The van der Waals surface area contributed by atoms with E-state index in [-0.39, 0.29) is 17.3 Å². The average molecular weight is 344 g/mol. The van der Waals surface area contributed by atoms with Crippen LogP contribution in [0.5, 0.6) is 0 Å². The van der Waals surface area contributed by atoms with Crippen LogP contribution in [-0.4, -0.2) is 19.3 Å². The summed E-state index contributed by atoms with van der Waals surface area (Å²) in [5.41, 5.74) is 2.38. The lowest BCUT2D eigenvalue weighted by molar-refractivity contribution is -0.143. The zero-order chi connectivity index (χ0) is 17.0. The fourth-order valence-electron chi connectivity index (χ4n) is 1.50. The maximum absolute atomic E-state index is 12.7. The minimum absolute atomic E-state index is 0.0743. The average Bonchev–Trinajstić information content (AvgIpc) is 2.41. The standard InChI is InChI=1S/C13H14F6N2S/c1-21-2-3-22-7-11(20)8-4-9(12(14,15)16)6-10(5-8)13(17,18)19/h4-7,21H,2-3,20H2,1H3/b11-7-. The molecular weight excluding hydrogens is 330 g/mol. The highest BCUT2D eigenvalue weighted by Crippen LogP contribution is 2.37. The molecule has 0 unspecified atom stereocenters. The molecule has 0 saturated carbocycles. The highest BCUT2D eigenvalue weighted by Gasteiger charge is 2.37. The van der Waals surface area contributed by atoms with Gasteiger partial charge in [0.2, 0.25) is 0 Å². The van der Waals surface area contributed by atoms with Crippen molar-refractivity contribution >= 4 is 17.5 Å². The molecule has 9 heteroatoms. The third-order valence-electron chi connectivity index (χ3n) is 2.60. The molecule has 0 amide bonds. The third-order valence-corrected chi connectivity index (χ3v) is 3.46. The molecule has 0 aromatic heterocycles. The number of nitrogens with two attached hydrogens (primary N) is 1. The topological polar surface area (TPSA) is 38.0 Å². The van der Waals surface area contributed by atoms with Crippen LogP contribution in [0.2, 0.25) is 0 Å². The molecule has 0 fully saturated rings.